The van der Waals surface area contributed by atoms with Crippen LogP contribution in [0, 0.1) is 11.6 Å². The normalized spacial score (nSPS) is 17.6. The number of Topliss-reactive ketones (excluding diaryl/α,β-unsaturated/α-hetero) is 1. The van der Waals surface area contributed by atoms with Crippen LogP contribution in [0.2, 0.25) is 5.02 Å². The summed E-state index contributed by atoms with van der Waals surface area (Å²) >= 11 is 5.87. The molecule has 0 aliphatic heterocycles. The van der Waals surface area contributed by atoms with Crippen molar-refractivity contribution in [2.45, 2.75) is 12.3 Å². The Hall–Kier alpha value is -1.74. The highest BCUT2D eigenvalue weighted by atomic mass is 35.5. The number of benzene rings is 2. The van der Waals surface area contributed by atoms with E-state index in [4.69, 9.17) is 11.6 Å². The number of fused-ring (bicyclic) bond motifs is 1. The first-order valence-corrected chi connectivity index (χ1v) is 6.21. The number of hydrogen-bond acceptors (Lipinski definition) is 1. The zero-order valence-electron chi connectivity index (χ0n) is 9.79. The summed E-state index contributed by atoms with van der Waals surface area (Å²) in [5.41, 5.74) is 2.00. The first kappa shape index (κ1) is 12.3. The summed E-state index contributed by atoms with van der Waals surface area (Å²) in [7, 11) is 0. The van der Waals surface area contributed by atoms with Gasteiger partial charge in [-0.25, -0.2) is 8.78 Å². The Kier molecular flexibility index (Phi) is 2.86. The van der Waals surface area contributed by atoms with E-state index in [0.717, 1.165) is 17.7 Å². The second kappa shape index (κ2) is 4.42. The molecule has 19 heavy (non-hydrogen) atoms. The highest BCUT2D eigenvalue weighted by molar-refractivity contribution is 6.31. The Morgan fingerprint density at radius 2 is 1.84 bits per heavy atom. The molecular formula is C15H9ClF2O. The van der Waals surface area contributed by atoms with Gasteiger partial charge in [-0.15, -0.1) is 0 Å². The molecule has 0 saturated carbocycles. The van der Waals surface area contributed by atoms with Gasteiger partial charge in [0.05, 0.1) is 0 Å². The second-order valence-electron chi connectivity index (χ2n) is 4.59. The molecule has 0 spiro atoms. The Morgan fingerprint density at radius 1 is 1.05 bits per heavy atom. The van der Waals surface area contributed by atoms with E-state index in [2.05, 4.69) is 0 Å². The summed E-state index contributed by atoms with van der Waals surface area (Å²) < 4.78 is 26.2. The van der Waals surface area contributed by atoms with E-state index in [9.17, 15) is 13.6 Å². The fourth-order valence-corrected chi connectivity index (χ4v) is 2.68. The number of rotatable bonds is 1. The van der Waals surface area contributed by atoms with E-state index in [1.54, 1.807) is 18.2 Å². The molecular weight excluding hydrogens is 270 g/mol. The van der Waals surface area contributed by atoms with Crippen LogP contribution in [-0.4, -0.2) is 5.78 Å². The predicted molar refractivity (Wildman–Crippen MR) is 68.6 cm³/mol. The van der Waals surface area contributed by atoms with Crippen molar-refractivity contribution in [2.75, 3.05) is 0 Å². The number of halogens is 3. The average Bonchev–Trinajstić information content (AvgIpc) is 2.70. The van der Waals surface area contributed by atoms with Gasteiger partial charge in [0.15, 0.2) is 17.4 Å². The number of ketones is 1. The summed E-state index contributed by atoms with van der Waals surface area (Å²) in [6, 6.07) is 8.85. The molecule has 4 heteroatoms. The van der Waals surface area contributed by atoms with Crippen molar-refractivity contribution >= 4 is 17.4 Å². The molecule has 3 rings (SSSR count). The third-order valence-corrected chi connectivity index (χ3v) is 3.66. The molecule has 0 amide bonds. The van der Waals surface area contributed by atoms with Crippen molar-refractivity contribution in [3.8, 4) is 0 Å². The molecule has 0 aromatic heterocycles. The molecule has 2 aromatic carbocycles. The SMILES string of the molecule is O=C1CC(c2ccc(F)c(F)c2)c2ccc(Cl)cc21. The quantitative estimate of drug-likeness (QED) is 0.758. The Bertz CT molecular complexity index is 682. The van der Waals surface area contributed by atoms with Gasteiger partial charge in [0.2, 0.25) is 0 Å². The molecule has 0 bridgehead atoms. The Balaban J connectivity index is 2.09. The van der Waals surface area contributed by atoms with E-state index in [0.29, 0.717) is 16.1 Å². The van der Waals surface area contributed by atoms with Gasteiger partial charge in [-0.1, -0.05) is 23.7 Å². The van der Waals surface area contributed by atoms with E-state index in [-0.39, 0.29) is 18.1 Å². The average molecular weight is 279 g/mol. The van der Waals surface area contributed by atoms with Crippen molar-refractivity contribution < 1.29 is 13.6 Å². The van der Waals surface area contributed by atoms with Crippen LogP contribution >= 0.6 is 11.6 Å². The molecule has 0 radical (unpaired) electrons. The highest BCUT2D eigenvalue weighted by Crippen LogP contribution is 2.39. The molecule has 96 valence electrons. The highest BCUT2D eigenvalue weighted by Gasteiger charge is 2.30. The summed E-state index contributed by atoms with van der Waals surface area (Å²) in [5, 5.41) is 0.498. The van der Waals surface area contributed by atoms with Crippen molar-refractivity contribution in [1.82, 2.24) is 0 Å². The zero-order chi connectivity index (χ0) is 13.6. The van der Waals surface area contributed by atoms with Crippen molar-refractivity contribution in [1.29, 1.82) is 0 Å². The fraction of sp³-hybridized carbons (Fsp3) is 0.133. The standard InChI is InChI=1S/C15H9ClF2O/c16-9-2-3-10-11(7-15(19)12(10)6-9)8-1-4-13(17)14(18)5-8/h1-6,11H,7H2. The summed E-state index contributed by atoms with van der Waals surface area (Å²) in [4.78, 5) is 11.9. The molecule has 1 atom stereocenters. The lowest BCUT2D eigenvalue weighted by molar-refractivity contribution is 0.0991. The lowest BCUT2D eigenvalue weighted by Gasteiger charge is -2.11. The van der Waals surface area contributed by atoms with Crippen LogP contribution in [0.25, 0.3) is 0 Å². The van der Waals surface area contributed by atoms with Gasteiger partial charge in [-0.2, -0.15) is 0 Å². The topological polar surface area (TPSA) is 17.1 Å². The van der Waals surface area contributed by atoms with Crippen LogP contribution < -0.4 is 0 Å². The lowest BCUT2D eigenvalue weighted by atomic mass is 9.93. The summed E-state index contributed by atoms with van der Waals surface area (Å²) in [6.45, 7) is 0. The van der Waals surface area contributed by atoms with Crippen LogP contribution in [0.15, 0.2) is 36.4 Å². The molecule has 1 unspecified atom stereocenters. The third kappa shape index (κ3) is 2.04. The maximum absolute atomic E-state index is 13.3. The van der Waals surface area contributed by atoms with Crippen LogP contribution in [0.1, 0.15) is 33.8 Å². The number of carbonyl (C=O) groups excluding carboxylic acids is 1. The molecule has 1 nitrogen and oxygen atoms in total. The fourth-order valence-electron chi connectivity index (χ4n) is 2.51. The predicted octanol–water partition coefficient (Wildman–Crippen LogP) is 4.34. The van der Waals surface area contributed by atoms with Gasteiger partial charge in [0.1, 0.15) is 0 Å². The van der Waals surface area contributed by atoms with Gasteiger partial charge in [0.25, 0.3) is 0 Å². The lowest BCUT2D eigenvalue weighted by Crippen LogP contribution is -1.98. The summed E-state index contributed by atoms with van der Waals surface area (Å²) in [6.07, 6.45) is 0.265. The summed E-state index contributed by atoms with van der Waals surface area (Å²) in [5.74, 6) is -2.03. The Morgan fingerprint density at radius 3 is 2.58 bits per heavy atom. The first-order chi connectivity index (χ1) is 9.06. The van der Waals surface area contributed by atoms with Gasteiger partial charge in [0, 0.05) is 22.9 Å². The minimum atomic E-state index is -0.896. The molecule has 1 aliphatic rings. The van der Waals surface area contributed by atoms with E-state index < -0.39 is 11.6 Å². The number of hydrogen-bond donors (Lipinski definition) is 0. The molecule has 0 heterocycles. The molecule has 0 saturated heterocycles. The minimum Gasteiger partial charge on any atom is -0.294 e. The smallest absolute Gasteiger partial charge is 0.164 e. The van der Waals surface area contributed by atoms with E-state index in [1.807, 2.05) is 0 Å². The minimum absolute atomic E-state index is 0.0211. The maximum Gasteiger partial charge on any atom is 0.164 e. The maximum atomic E-state index is 13.3. The van der Waals surface area contributed by atoms with E-state index in [1.165, 1.54) is 6.07 Å². The Labute approximate surface area is 113 Å². The van der Waals surface area contributed by atoms with Crippen LogP contribution in [0.5, 0.6) is 0 Å². The molecule has 2 aromatic rings. The second-order valence-corrected chi connectivity index (χ2v) is 5.02. The van der Waals surface area contributed by atoms with Gasteiger partial charge >= 0.3 is 0 Å². The van der Waals surface area contributed by atoms with Gasteiger partial charge in [-0.05, 0) is 35.4 Å². The molecule has 1 aliphatic carbocycles. The van der Waals surface area contributed by atoms with Crippen molar-refractivity contribution in [3.63, 3.8) is 0 Å². The van der Waals surface area contributed by atoms with Crippen LogP contribution in [-0.2, 0) is 0 Å². The van der Waals surface area contributed by atoms with Crippen LogP contribution in [0.3, 0.4) is 0 Å². The number of carbonyl (C=O) groups is 1. The largest absolute Gasteiger partial charge is 0.294 e. The van der Waals surface area contributed by atoms with Crippen molar-refractivity contribution in [3.05, 3.63) is 69.7 Å². The zero-order valence-corrected chi connectivity index (χ0v) is 10.5. The third-order valence-electron chi connectivity index (χ3n) is 3.43. The monoisotopic (exact) mass is 278 g/mol. The first-order valence-electron chi connectivity index (χ1n) is 5.84. The van der Waals surface area contributed by atoms with E-state index >= 15 is 0 Å². The molecule has 0 fully saturated rings. The van der Waals surface area contributed by atoms with Gasteiger partial charge in [-0.3, -0.25) is 4.79 Å². The van der Waals surface area contributed by atoms with Crippen LogP contribution in [0.4, 0.5) is 8.78 Å². The van der Waals surface area contributed by atoms with Gasteiger partial charge < -0.3 is 0 Å². The molecule has 0 N–H and O–H groups in total. The van der Waals surface area contributed by atoms with Crippen molar-refractivity contribution in [2.24, 2.45) is 0 Å².